The van der Waals surface area contributed by atoms with Crippen molar-refractivity contribution in [2.75, 3.05) is 13.1 Å². The van der Waals surface area contributed by atoms with Crippen LogP contribution in [0.15, 0.2) is 0 Å². The molecule has 1 unspecified atom stereocenters. The predicted molar refractivity (Wildman–Crippen MR) is 55.3 cm³/mol. The van der Waals surface area contributed by atoms with Gasteiger partial charge in [0.2, 0.25) is 0 Å². The molecule has 2 heterocycles. The van der Waals surface area contributed by atoms with Crippen molar-refractivity contribution in [3.63, 3.8) is 0 Å². The largest absolute Gasteiger partial charge is 0.371 e. The molecule has 1 aliphatic heterocycles. The van der Waals surface area contributed by atoms with Crippen LogP contribution in [0, 0.1) is 6.92 Å². The zero-order valence-electron chi connectivity index (χ0n) is 8.32. The maximum absolute atomic E-state index is 5.78. The van der Waals surface area contributed by atoms with Crippen molar-refractivity contribution in [3.8, 4) is 0 Å². The summed E-state index contributed by atoms with van der Waals surface area (Å²) in [5, 5.41) is 7.28. The molecule has 0 bridgehead atoms. The fraction of sp³-hybridized carbons (Fsp3) is 0.778. The molecule has 2 rings (SSSR count). The second-order valence-electron chi connectivity index (χ2n) is 3.56. The monoisotopic (exact) mass is 213 g/mol. The van der Waals surface area contributed by atoms with E-state index in [1.54, 1.807) is 0 Å². The van der Waals surface area contributed by atoms with Crippen LogP contribution in [-0.4, -0.2) is 28.8 Å². The number of hydrogen-bond donors (Lipinski definition) is 1. The van der Waals surface area contributed by atoms with Crippen molar-refractivity contribution in [2.45, 2.75) is 32.5 Å². The highest BCUT2D eigenvalue weighted by molar-refractivity contribution is 7.05. The number of rotatable bonds is 3. The third kappa shape index (κ3) is 2.50. The van der Waals surface area contributed by atoms with Crippen LogP contribution in [0.3, 0.4) is 0 Å². The summed E-state index contributed by atoms with van der Waals surface area (Å²) in [4.78, 5) is 1.15. The maximum atomic E-state index is 5.78. The number of aryl methyl sites for hydroxylation is 1. The predicted octanol–water partition coefficient (Wildman–Crippen LogP) is 1.12. The highest BCUT2D eigenvalue weighted by Gasteiger charge is 2.14. The van der Waals surface area contributed by atoms with Gasteiger partial charge in [-0.2, -0.15) is 0 Å². The van der Waals surface area contributed by atoms with E-state index in [1.165, 1.54) is 18.0 Å². The quantitative estimate of drug-likeness (QED) is 0.817. The van der Waals surface area contributed by atoms with Gasteiger partial charge >= 0.3 is 0 Å². The number of nitrogens with zero attached hydrogens (tertiary/aromatic N) is 2. The lowest BCUT2D eigenvalue weighted by Crippen LogP contribution is -2.35. The average molecular weight is 213 g/mol. The first-order valence-electron chi connectivity index (χ1n) is 4.96. The van der Waals surface area contributed by atoms with Crippen molar-refractivity contribution in [3.05, 3.63) is 10.6 Å². The zero-order valence-corrected chi connectivity index (χ0v) is 9.14. The Balaban J connectivity index is 1.79. The topological polar surface area (TPSA) is 47.0 Å². The third-order valence-corrected chi connectivity index (χ3v) is 3.24. The van der Waals surface area contributed by atoms with Gasteiger partial charge in [0.15, 0.2) is 0 Å². The minimum absolute atomic E-state index is 0.366. The van der Waals surface area contributed by atoms with Crippen molar-refractivity contribution >= 4 is 11.5 Å². The molecule has 1 saturated heterocycles. The van der Waals surface area contributed by atoms with Crippen LogP contribution in [0.1, 0.15) is 23.4 Å². The molecule has 0 aliphatic carbocycles. The summed E-state index contributed by atoms with van der Waals surface area (Å²) in [5.41, 5.74) is 0.999. The first-order valence-corrected chi connectivity index (χ1v) is 5.74. The Morgan fingerprint density at radius 3 is 3.21 bits per heavy atom. The molecule has 1 N–H and O–H groups in total. The van der Waals surface area contributed by atoms with Gasteiger partial charge in [-0.05, 0) is 37.8 Å². The normalized spacial score (nSPS) is 22.5. The smallest absolute Gasteiger partial charge is 0.0848 e. The van der Waals surface area contributed by atoms with E-state index in [0.29, 0.717) is 12.7 Å². The molecule has 5 heteroatoms. The summed E-state index contributed by atoms with van der Waals surface area (Å²) >= 11 is 1.43. The van der Waals surface area contributed by atoms with Crippen molar-refractivity contribution < 1.29 is 4.74 Å². The van der Waals surface area contributed by atoms with Crippen molar-refractivity contribution in [1.82, 2.24) is 14.9 Å². The van der Waals surface area contributed by atoms with Gasteiger partial charge in [0.05, 0.1) is 23.3 Å². The molecular formula is C9H15N3OS. The van der Waals surface area contributed by atoms with Crippen LogP contribution in [0.4, 0.5) is 0 Å². The number of aromatic nitrogens is 2. The van der Waals surface area contributed by atoms with E-state index in [1.807, 2.05) is 6.92 Å². The van der Waals surface area contributed by atoms with E-state index in [4.69, 9.17) is 4.74 Å². The lowest BCUT2D eigenvalue weighted by atomic mass is 10.1. The average Bonchev–Trinajstić information content (AvgIpc) is 2.63. The number of hydrogen-bond acceptors (Lipinski definition) is 5. The Morgan fingerprint density at radius 1 is 1.64 bits per heavy atom. The first kappa shape index (κ1) is 10.0. The van der Waals surface area contributed by atoms with Gasteiger partial charge < -0.3 is 10.1 Å². The van der Waals surface area contributed by atoms with Crippen LogP contribution in [-0.2, 0) is 11.3 Å². The van der Waals surface area contributed by atoms with E-state index in [0.717, 1.165) is 30.1 Å². The number of ether oxygens (including phenoxy) is 1. The van der Waals surface area contributed by atoms with E-state index >= 15 is 0 Å². The van der Waals surface area contributed by atoms with E-state index in [9.17, 15) is 0 Å². The summed E-state index contributed by atoms with van der Waals surface area (Å²) in [6.45, 7) is 4.74. The Bertz CT molecular complexity index is 283. The fourth-order valence-electron chi connectivity index (χ4n) is 1.54. The Hall–Kier alpha value is -0.520. The molecule has 0 spiro atoms. The Labute approximate surface area is 87.8 Å². The molecule has 1 atom stereocenters. The summed E-state index contributed by atoms with van der Waals surface area (Å²) in [7, 11) is 0. The molecule has 78 valence electrons. The number of piperidine rings is 1. The van der Waals surface area contributed by atoms with Crippen LogP contribution < -0.4 is 5.32 Å². The first-order chi connectivity index (χ1) is 6.86. The molecule has 1 aliphatic rings. The molecule has 4 nitrogen and oxygen atoms in total. The van der Waals surface area contributed by atoms with Crippen LogP contribution in [0.5, 0.6) is 0 Å². The molecule has 1 aromatic rings. The SMILES string of the molecule is Cc1nnsc1COC1CCCNC1. The molecule has 14 heavy (non-hydrogen) atoms. The van der Waals surface area contributed by atoms with E-state index < -0.39 is 0 Å². The minimum atomic E-state index is 0.366. The van der Waals surface area contributed by atoms with Gasteiger partial charge in [-0.1, -0.05) is 4.49 Å². The Kier molecular flexibility index (Phi) is 3.44. The highest BCUT2D eigenvalue weighted by atomic mass is 32.1. The third-order valence-electron chi connectivity index (χ3n) is 2.45. The lowest BCUT2D eigenvalue weighted by molar-refractivity contribution is 0.0264. The molecule has 0 aromatic carbocycles. The summed E-state index contributed by atoms with van der Waals surface area (Å²) in [5.74, 6) is 0. The van der Waals surface area contributed by atoms with Crippen LogP contribution in [0.2, 0.25) is 0 Å². The second-order valence-corrected chi connectivity index (χ2v) is 4.40. The van der Waals surface area contributed by atoms with Crippen molar-refractivity contribution in [1.29, 1.82) is 0 Å². The lowest BCUT2D eigenvalue weighted by Gasteiger charge is -2.22. The van der Waals surface area contributed by atoms with E-state index in [-0.39, 0.29) is 0 Å². The summed E-state index contributed by atoms with van der Waals surface area (Å²) < 4.78 is 9.66. The van der Waals surface area contributed by atoms with Crippen LogP contribution >= 0.6 is 11.5 Å². The summed E-state index contributed by atoms with van der Waals surface area (Å²) in [6, 6.07) is 0. The highest BCUT2D eigenvalue weighted by Crippen LogP contribution is 2.14. The molecular weight excluding hydrogens is 198 g/mol. The molecule has 1 fully saturated rings. The summed E-state index contributed by atoms with van der Waals surface area (Å²) in [6.07, 6.45) is 2.74. The van der Waals surface area contributed by atoms with Gasteiger partial charge in [0.25, 0.3) is 0 Å². The zero-order chi connectivity index (χ0) is 9.80. The molecule has 0 radical (unpaired) electrons. The van der Waals surface area contributed by atoms with Gasteiger partial charge in [-0.25, -0.2) is 0 Å². The number of nitrogens with one attached hydrogen (secondary N) is 1. The van der Waals surface area contributed by atoms with Gasteiger partial charge in [-0.3, -0.25) is 0 Å². The van der Waals surface area contributed by atoms with Gasteiger partial charge in [0.1, 0.15) is 0 Å². The molecule has 0 amide bonds. The molecule has 0 saturated carbocycles. The van der Waals surface area contributed by atoms with E-state index in [2.05, 4.69) is 14.9 Å². The minimum Gasteiger partial charge on any atom is -0.371 e. The fourth-order valence-corrected chi connectivity index (χ4v) is 2.09. The Morgan fingerprint density at radius 2 is 2.57 bits per heavy atom. The van der Waals surface area contributed by atoms with Gasteiger partial charge in [-0.15, -0.1) is 5.10 Å². The molecule has 1 aromatic heterocycles. The van der Waals surface area contributed by atoms with Gasteiger partial charge in [0, 0.05) is 6.54 Å². The second kappa shape index (κ2) is 4.82. The van der Waals surface area contributed by atoms with Crippen molar-refractivity contribution in [2.24, 2.45) is 0 Å². The van der Waals surface area contributed by atoms with Crippen LogP contribution in [0.25, 0.3) is 0 Å². The maximum Gasteiger partial charge on any atom is 0.0848 e. The standard InChI is InChI=1S/C9H15N3OS/c1-7-9(14-12-11-7)6-13-8-3-2-4-10-5-8/h8,10H,2-6H2,1H3.